The van der Waals surface area contributed by atoms with E-state index in [-0.39, 0.29) is 5.41 Å². The van der Waals surface area contributed by atoms with Crippen LogP contribution in [0.25, 0.3) is 0 Å². The molecular weight excluding hydrogens is 164 g/mol. The van der Waals surface area contributed by atoms with Crippen molar-refractivity contribution in [1.29, 1.82) is 0 Å². The van der Waals surface area contributed by atoms with Crippen molar-refractivity contribution in [2.45, 2.75) is 46.0 Å². The first-order valence-electron chi connectivity index (χ1n) is 4.73. The summed E-state index contributed by atoms with van der Waals surface area (Å²) in [6.07, 6.45) is 1.87. The van der Waals surface area contributed by atoms with Gasteiger partial charge in [-0.2, -0.15) is 5.10 Å². The van der Waals surface area contributed by atoms with Crippen LogP contribution in [0.15, 0.2) is 0 Å². The van der Waals surface area contributed by atoms with E-state index in [4.69, 9.17) is 0 Å². The third-order valence-electron chi connectivity index (χ3n) is 2.02. The Morgan fingerprint density at radius 3 is 2.38 bits per heavy atom. The first-order valence-corrected chi connectivity index (χ1v) is 4.73. The van der Waals surface area contributed by atoms with Crippen molar-refractivity contribution in [1.82, 2.24) is 10.2 Å². The predicted octanol–water partition coefficient (Wildman–Crippen LogP) is 2.37. The zero-order chi connectivity index (χ0) is 10.1. The Morgan fingerprint density at radius 2 is 2.00 bits per heavy atom. The van der Waals surface area contributed by atoms with Crippen molar-refractivity contribution < 1.29 is 5.11 Å². The molecule has 3 heteroatoms. The third-order valence-corrected chi connectivity index (χ3v) is 2.02. The Labute approximate surface area is 79.2 Å². The van der Waals surface area contributed by atoms with Crippen molar-refractivity contribution in [2.75, 3.05) is 0 Å². The number of aromatic hydroxyl groups is 1. The molecule has 0 atom stereocenters. The highest BCUT2D eigenvalue weighted by molar-refractivity contribution is 5.35. The number of aryl methyl sites for hydroxylation is 1. The first-order chi connectivity index (χ1) is 5.96. The molecule has 0 fully saturated rings. The molecular formula is C10H18N2O. The standard InChI is InChI=1S/C10H18N2O/c1-5-6-7-8(13)9(12-11-7)10(2,3)4/h13H,5-6H2,1-4H3,(H,11,12). The van der Waals surface area contributed by atoms with Gasteiger partial charge in [0.05, 0.1) is 5.69 Å². The summed E-state index contributed by atoms with van der Waals surface area (Å²) in [5.41, 5.74) is 1.52. The zero-order valence-corrected chi connectivity index (χ0v) is 8.81. The smallest absolute Gasteiger partial charge is 0.160 e. The lowest BCUT2D eigenvalue weighted by molar-refractivity contribution is 0.439. The normalized spacial score (nSPS) is 12.0. The van der Waals surface area contributed by atoms with Gasteiger partial charge >= 0.3 is 0 Å². The fraction of sp³-hybridized carbons (Fsp3) is 0.700. The minimum Gasteiger partial charge on any atom is -0.504 e. The maximum atomic E-state index is 9.80. The number of H-pyrrole nitrogens is 1. The number of nitrogens with zero attached hydrogens (tertiary/aromatic N) is 1. The molecule has 1 aromatic rings. The second-order valence-electron chi connectivity index (χ2n) is 4.40. The second kappa shape index (κ2) is 3.40. The maximum absolute atomic E-state index is 9.80. The van der Waals surface area contributed by atoms with Crippen LogP contribution in [0.1, 0.15) is 45.5 Å². The van der Waals surface area contributed by atoms with Gasteiger partial charge in [-0.1, -0.05) is 34.1 Å². The predicted molar refractivity (Wildman–Crippen MR) is 52.9 cm³/mol. The maximum Gasteiger partial charge on any atom is 0.160 e. The lowest BCUT2D eigenvalue weighted by atomic mass is 9.91. The third kappa shape index (κ3) is 2.02. The Bertz CT molecular complexity index is 284. The van der Waals surface area contributed by atoms with Gasteiger partial charge < -0.3 is 5.11 Å². The largest absolute Gasteiger partial charge is 0.504 e. The van der Waals surface area contributed by atoms with Crippen LogP contribution in [0.4, 0.5) is 0 Å². The molecule has 13 heavy (non-hydrogen) atoms. The van der Waals surface area contributed by atoms with Gasteiger partial charge in [0.15, 0.2) is 5.75 Å². The van der Waals surface area contributed by atoms with Gasteiger partial charge in [-0.25, -0.2) is 0 Å². The van der Waals surface area contributed by atoms with Gasteiger partial charge in [0, 0.05) is 5.41 Å². The summed E-state index contributed by atoms with van der Waals surface area (Å²) in [5.74, 6) is 0.342. The van der Waals surface area contributed by atoms with Crippen LogP contribution in [0.3, 0.4) is 0 Å². The molecule has 1 aromatic heterocycles. The summed E-state index contributed by atoms with van der Waals surface area (Å²) in [5, 5.41) is 16.8. The molecule has 0 bridgehead atoms. The van der Waals surface area contributed by atoms with Gasteiger partial charge in [-0.05, 0) is 6.42 Å². The highest BCUT2D eigenvalue weighted by Crippen LogP contribution is 2.31. The van der Waals surface area contributed by atoms with E-state index < -0.39 is 0 Å². The van der Waals surface area contributed by atoms with Crippen LogP contribution in [0.2, 0.25) is 0 Å². The minimum atomic E-state index is -0.0907. The van der Waals surface area contributed by atoms with Gasteiger partial charge in [0.1, 0.15) is 5.69 Å². The second-order valence-corrected chi connectivity index (χ2v) is 4.40. The highest BCUT2D eigenvalue weighted by Gasteiger charge is 2.23. The molecule has 0 saturated carbocycles. The summed E-state index contributed by atoms with van der Waals surface area (Å²) in [6.45, 7) is 8.20. The number of hydrogen-bond donors (Lipinski definition) is 2. The van der Waals surface area contributed by atoms with Crippen molar-refractivity contribution >= 4 is 0 Å². The van der Waals surface area contributed by atoms with Crippen LogP contribution in [-0.2, 0) is 11.8 Å². The van der Waals surface area contributed by atoms with Gasteiger partial charge in [0.25, 0.3) is 0 Å². The molecule has 0 saturated heterocycles. The lowest BCUT2D eigenvalue weighted by Gasteiger charge is -2.14. The summed E-state index contributed by atoms with van der Waals surface area (Å²) in [6, 6.07) is 0. The molecule has 0 aliphatic heterocycles. The van der Waals surface area contributed by atoms with Crippen LogP contribution in [0, 0.1) is 0 Å². The molecule has 2 N–H and O–H groups in total. The Kier molecular flexibility index (Phi) is 2.64. The van der Waals surface area contributed by atoms with E-state index in [2.05, 4.69) is 17.1 Å². The molecule has 1 heterocycles. The monoisotopic (exact) mass is 182 g/mol. The summed E-state index contributed by atoms with van der Waals surface area (Å²) < 4.78 is 0. The highest BCUT2D eigenvalue weighted by atomic mass is 16.3. The Balaban J connectivity index is 2.99. The minimum absolute atomic E-state index is 0.0907. The zero-order valence-electron chi connectivity index (χ0n) is 8.81. The van der Waals surface area contributed by atoms with E-state index in [1.54, 1.807) is 0 Å². The van der Waals surface area contributed by atoms with Gasteiger partial charge in [-0.15, -0.1) is 0 Å². The molecule has 1 rings (SSSR count). The summed E-state index contributed by atoms with van der Waals surface area (Å²) in [7, 11) is 0. The van der Waals surface area contributed by atoms with E-state index in [0.29, 0.717) is 5.75 Å². The van der Waals surface area contributed by atoms with E-state index in [0.717, 1.165) is 24.2 Å². The SMILES string of the molecule is CCCc1[nH]nc(C(C)(C)C)c1O. The quantitative estimate of drug-likeness (QED) is 0.737. The number of aromatic nitrogens is 2. The molecule has 0 radical (unpaired) electrons. The number of nitrogens with one attached hydrogen (secondary N) is 1. The number of hydrogen-bond acceptors (Lipinski definition) is 2. The number of aromatic amines is 1. The molecule has 0 aliphatic carbocycles. The van der Waals surface area contributed by atoms with Crippen molar-refractivity contribution in [3.05, 3.63) is 11.4 Å². The topological polar surface area (TPSA) is 48.9 Å². The molecule has 0 unspecified atom stereocenters. The average molecular weight is 182 g/mol. The van der Waals surface area contributed by atoms with Crippen molar-refractivity contribution in [3.8, 4) is 5.75 Å². The molecule has 74 valence electrons. The fourth-order valence-electron chi connectivity index (χ4n) is 1.32. The summed E-state index contributed by atoms with van der Waals surface area (Å²) >= 11 is 0. The Hall–Kier alpha value is -0.990. The van der Waals surface area contributed by atoms with Crippen LogP contribution in [-0.4, -0.2) is 15.3 Å². The summed E-state index contributed by atoms with van der Waals surface area (Å²) in [4.78, 5) is 0. The average Bonchev–Trinajstić information content (AvgIpc) is 2.32. The van der Waals surface area contributed by atoms with Gasteiger partial charge in [-0.3, -0.25) is 5.10 Å². The lowest BCUT2D eigenvalue weighted by Crippen LogP contribution is -2.11. The Morgan fingerprint density at radius 1 is 1.38 bits per heavy atom. The fourth-order valence-corrected chi connectivity index (χ4v) is 1.32. The van der Waals surface area contributed by atoms with Crippen LogP contribution < -0.4 is 0 Å². The molecule has 0 amide bonds. The molecule has 3 nitrogen and oxygen atoms in total. The van der Waals surface area contributed by atoms with Crippen molar-refractivity contribution in [3.63, 3.8) is 0 Å². The molecule has 0 aliphatic rings. The molecule has 0 spiro atoms. The van der Waals surface area contributed by atoms with Gasteiger partial charge in [0.2, 0.25) is 0 Å². The van der Waals surface area contributed by atoms with Crippen LogP contribution >= 0.6 is 0 Å². The van der Waals surface area contributed by atoms with E-state index in [1.807, 2.05) is 20.8 Å². The molecule has 0 aromatic carbocycles. The number of rotatable bonds is 2. The van der Waals surface area contributed by atoms with E-state index in [9.17, 15) is 5.11 Å². The van der Waals surface area contributed by atoms with Crippen LogP contribution in [0.5, 0.6) is 5.75 Å². The first kappa shape index (κ1) is 10.1. The van der Waals surface area contributed by atoms with E-state index in [1.165, 1.54) is 0 Å². The van der Waals surface area contributed by atoms with E-state index >= 15 is 0 Å². The van der Waals surface area contributed by atoms with Crippen molar-refractivity contribution in [2.24, 2.45) is 0 Å².